The second-order valence-electron chi connectivity index (χ2n) is 4.13. The summed E-state index contributed by atoms with van der Waals surface area (Å²) >= 11 is 9.59. The molecule has 1 aromatic heterocycles. The van der Waals surface area contributed by atoms with Crippen molar-refractivity contribution in [3.63, 3.8) is 0 Å². The molecule has 3 aromatic rings. The third kappa shape index (κ3) is 2.28. The Labute approximate surface area is 118 Å². The van der Waals surface area contributed by atoms with Crippen molar-refractivity contribution < 1.29 is 0 Å². The van der Waals surface area contributed by atoms with Crippen LogP contribution in [0.4, 0.5) is 0 Å². The van der Waals surface area contributed by atoms with Crippen LogP contribution < -0.4 is 0 Å². The van der Waals surface area contributed by atoms with Crippen LogP contribution in [0.15, 0.2) is 46.9 Å². The molecule has 0 spiro atoms. The molecule has 0 atom stereocenters. The van der Waals surface area contributed by atoms with Gasteiger partial charge in [0, 0.05) is 10.9 Å². The average molecular weight is 322 g/mol. The summed E-state index contributed by atoms with van der Waals surface area (Å²) in [6.07, 6.45) is 0.781. The van der Waals surface area contributed by atoms with Crippen molar-refractivity contribution in [3.8, 4) is 0 Å². The zero-order chi connectivity index (χ0) is 12.5. The number of H-pyrrole nitrogens is 1. The van der Waals surface area contributed by atoms with Crippen molar-refractivity contribution in [2.45, 2.75) is 6.42 Å². The van der Waals surface area contributed by atoms with Gasteiger partial charge >= 0.3 is 0 Å². The maximum atomic E-state index is 6.17. The van der Waals surface area contributed by atoms with Gasteiger partial charge in [0.05, 0.1) is 10.5 Å². The van der Waals surface area contributed by atoms with Gasteiger partial charge in [0.2, 0.25) is 0 Å². The highest BCUT2D eigenvalue weighted by Gasteiger charge is 2.08. The number of nitrogens with one attached hydrogen (secondary N) is 1. The first kappa shape index (κ1) is 11.8. The molecule has 0 bridgehead atoms. The highest BCUT2D eigenvalue weighted by molar-refractivity contribution is 9.10. The van der Waals surface area contributed by atoms with Gasteiger partial charge in [0.15, 0.2) is 0 Å². The lowest BCUT2D eigenvalue weighted by Crippen LogP contribution is -1.89. The number of aromatic nitrogens is 2. The van der Waals surface area contributed by atoms with Gasteiger partial charge in [0.1, 0.15) is 11.3 Å². The van der Waals surface area contributed by atoms with Crippen LogP contribution in [0.25, 0.3) is 11.0 Å². The summed E-state index contributed by atoms with van der Waals surface area (Å²) in [5.41, 5.74) is 3.01. The van der Waals surface area contributed by atoms with Gasteiger partial charge in [-0.05, 0) is 17.7 Å². The number of nitrogens with zero attached hydrogens (tertiary/aromatic N) is 1. The number of benzene rings is 2. The quantitative estimate of drug-likeness (QED) is 0.736. The number of hydrogen-bond acceptors (Lipinski definition) is 1. The molecule has 2 nitrogen and oxygen atoms in total. The Morgan fingerprint density at radius 3 is 2.72 bits per heavy atom. The molecule has 0 unspecified atom stereocenters. The molecule has 0 saturated carbocycles. The van der Waals surface area contributed by atoms with E-state index in [2.05, 4.69) is 38.0 Å². The summed E-state index contributed by atoms with van der Waals surface area (Å²) in [5, 5.41) is 0.662. The van der Waals surface area contributed by atoms with E-state index in [-0.39, 0.29) is 0 Å². The molecule has 4 heteroatoms. The molecule has 0 fully saturated rings. The minimum Gasteiger partial charge on any atom is -0.342 e. The highest BCUT2D eigenvalue weighted by atomic mass is 79.9. The molecule has 0 aliphatic heterocycles. The van der Waals surface area contributed by atoms with Crippen LogP contribution in [0.3, 0.4) is 0 Å². The Kier molecular flexibility index (Phi) is 3.10. The maximum Gasteiger partial charge on any atom is 0.111 e. The first-order chi connectivity index (χ1) is 8.72. The van der Waals surface area contributed by atoms with Crippen LogP contribution in [0.1, 0.15) is 11.4 Å². The van der Waals surface area contributed by atoms with E-state index in [4.69, 9.17) is 11.6 Å². The van der Waals surface area contributed by atoms with E-state index in [1.54, 1.807) is 0 Å². The minimum absolute atomic E-state index is 0.662. The lowest BCUT2D eigenvalue weighted by molar-refractivity contribution is 1.04. The van der Waals surface area contributed by atoms with Gasteiger partial charge in [-0.3, -0.25) is 0 Å². The smallest absolute Gasteiger partial charge is 0.111 e. The maximum absolute atomic E-state index is 6.17. The largest absolute Gasteiger partial charge is 0.342 e. The highest BCUT2D eigenvalue weighted by Crippen LogP contribution is 2.26. The monoisotopic (exact) mass is 320 g/mol. The topological polar surface area (TPSA) is 28.7 Å². The summed E-state index contributed by atoms with van der Waals surface area (Å²) in [7, 11) is 0. The molecule has 2 aromatic carbocycles. The Morgan fingerprint density at radius 2 is 1.94 bits per heavy atom. The van der Waals surface area contributed by atoms with E-state index < -0.39 is 0 Å². The van der Waals surface area contributed by atoms with Gasteiger partial charge < -0.3 is 4.98 Å². The summed E-state index contributed by atoms with van der Waals surface area (Å²) in [5.74, 6) is 0.927. The first-order valence-corrected chi connectivity index (χ1v) is 6.77. The fourth-order valence-electron chi connectivity index (χ4n) is 1.97. The van der Waals surface area contributed by atoms with Crippen LogP contribution >= 0.6 is 27.5 Å². The van der Waals surface area contributed by atoms with E-state index in [0.29, 0.717) is 5.02 Å². The molecular weight excluding hydrogens is 312 g/mol. The van der Waals surface area contributed by atoms with Crippen molar-refractivity contribution in [2.24, 2.45) is 0 Å². The van der Waals surface area contributed by atoms with Crippen molar-refractivity contribution in [1.29, 1.82) is 0 Å². The molecule has 0 aliphatic rings. The van der Waals surface area contributed by atoms with Gasteiger partial charge in [-0.15, -0.1) is 0 Å². The number of imidazole rings is 1. The summed E-state index contributed by atoms with van der Waals surface area (Å²) in [4.78, 5) is 7.84. The lowest BCUT2D eigenvalue weighted by Gasteiger charge is -1.96. The molecule has 3 rings (SSSR count). The van der Waals surface area contributed by atoms with Crippen molar-refractivity contribution in [3.05, 3.63) is 63.3 Å². The van der Waals surface area contributed by atoms with Gasteiger partial charge in [-0.25, -0.2) is 4.98 Å². The Bertz CT molecular complexity index is 692. The summed E-state index contributed by atoms with van der Waals surface area (Å²) < 4.78 is 0.954. The number of fused-ring (bicyclic) bond motifs is 1. The van der Waals surface area contributed by atoms with Gasteiger partial charge in [-0.1, -0.05) is 57.9 Å². The number of hydrogen-bond donors (Lipinski definition) is 1. The normalized spacial score (nSPS) is 11.0. The second-order valence-corrected chi connectivity index (χ2v) is 5.45. The number of aromatic amines is 1. The molecular formula is C14H10BrClN2. The fraction of sp³-hybridized carbons (Fsp3) is 0.0714. The number of rotatable bonds is 2. The molecule has 0 radical (unpaired) electrons. The van der Waals surface area contributed by atoms with E-state index in [1.807, 2.05) is 30.3 Å². The van der Waals surface area contributed by atoms with Gasteiger partial charge in [0.25, 0.3) is 0 Å². The Hall–Kier alpha value is -1.32. The third-order valence-electron chi connectivity index (χ3n) is 2.77. The van der Waals surface area contributed by atoms with Crippen molar-refractivity contribution >= 4 is 38.6 Å². The second kappa shape index (κ2) is 4.75. The van der Waals surface area contributed by atoms with E-state index in [1.165, 1.54) is 5.56 Å². The zero-order valence-corrected chi connectivity index (χ0v) is 11.8. The average Bonchev–Trinajstić information content (AvgIpc) is 2.73. The molecule has 18 heavy (non-hydrogen) atoms. The molecule has 90 valence electrons. The molecule has 0 saturated heterocycles. The molecule has 0 amide bonds. The zero-order valence-electron chi connectivity index (χ0n) is 9.45. The predicted octanol–water partition coefficient (Wildman–Crippen LogP) is 4.57. The van der Waals surface area contributed by atoms with Crippen molar-refractivity contribution in [1.82, 2.24) is 9.97 Å². The van der Waals surface area contributed by atoms with Crippen LogP contribution in [-0.2, 0) is 6.42 Å². The molecule has 0 aliphatic carbocycles. The van der Waals surface area contributed by atoms with E-state index >= 15 is 0 Å². The SMILES string of the molecule is Clc1cc(Br)cc2[nH]c(Cc3ccccc3)nc12. The van der Waals surface area contributed by atoms with E-state index in [9.17, 15) is 0 Å². The third-order valence-corrected chi connectivity index (χ3v) is 3.51. The van der Waals surface area contributed by atoms with Crippen molar-refractivity contribution in [2.75, 3.05) is 0 Å². The Morgan fingerprint density at radius 1 is 1.17 bits per heavy atom. The summed E-state index contributed by atoms with van der Waals surface area (Å²) in [6, 6.07) is 14.1. The predicted molar refractivity (Wildman–Crippen MR) is 78.1 cm³/mol. The lowest BCUT2D eigenvalue weighted by atomic mass is 10.1. The minimum atomic E-state index is 0.662. The van der Waals surface area contributed by atoms with Crippen LogP contribution in [0, 0.1) is 0 Å². The van der Waals surface area contributed by atoms with Crippen LogP contribution in [-0.4, -0.2) is 9.97 Å². The van der Waals surface area contributed by atoms with E-state index in [0.717, 1.165) is 27.8 Å². The first-order valence-electron chi connectivity index (χ1n) is 5.60. The van der Waals surface area contributed by atoms with Crippen LogP contribution in [0.2, 0.25) is 5.02 Å². The standard InChI is InChI=1S/C14H10BrClN2/c15-10-7-11(16)14-12(8-10)17-13(18-14)6-9-4-2-1-3-5-9/h1-5,7-8H,6H2,(H,17,18). The fourth-order valence-corrected chi connectivity index (χ4v) is 2.82. The number of halogens is 2. The summed E-state index contributed by atoms with van der Waals surface area (Å²) in [6.45, 7) is 0. The van der Waals surface area contributed by atoms with Crippen LogP contribution in [0.5, 0.6) is 0 Å². The molecule has 1 heterocycles. The molecule has 1 N–H and O–H groups in total. The van der Waals surface area contributed by atoms with Gasteiger partial charge in [-0.2, -0.15) is 0 Å². The Balaban J connectivity index is 2.01.